The van der Waals surface area contributed by atoms with Crippen LogP contribution in [0.3, 0.4) is 0 Å². The molecule has 1 aromatic heterocycles. The summed E-state index contributed by atoms with van der Waals surface area (Å²) in [5, 5.41) is 12.2. The Morgan fingerprint density at radius 2 is 2.00 bits per heavy atom. The second kappa shape index (κ2) is 6.67. The maximum atomic E-state index is 9.06. The van der Waals surface area contributed by atoms with Gasteiger partial charge in [-0.05, 0) is 30.7 Å². The Labute approximate surface area is 134 Å². The normalized spacial score (nSPS) is 14.5. The highest BCUT2D eigenvalue weighted by atomic mass is 32.2. The molecule has 0 radical (unpaired) electrons. The van der Waals surface area contributed by atoms with Crippen LogP contribution in [0.15, 0.2) is 30.6 Å². The van der Waals surface area contributed by atoms with Crippen molar-refractivity contribution >= 4 is 29.0 Å². The highest BCUT2D eigenvalue weighted by Crippen LogP contribution is 2.27. The zero-order chi connectivity index (χ0) is 15.4. The van der Waals surface area contributed by atoms with Crippen LogP contribution in [0.5, 0.6) is 0 Å². The van der Waals surface area contributed by atoms with Crippen LogP contribution >= 0.6 is 11.8 Å². The summed E-state index contributed by atoms with van der Waals surface area (Å²) in [7, 11) is 0. The van der Waals surface area contributed by atoms with Gasteiger partial charge in [0.05, 0.1) is 0 Å². The smallest absolute Gasteiger partial charge is 0.183 e. The van der Waals surface area contributed by atoms with E-state index in [-0.39, 0.29) is 0 Å². The molecule has 1 aliphatic heterocycles. The minimum absolute atomic E-state index is 0.303. The number of thioether (sulfide) groups is 1. The lowest BCUT2D eigenvalue weighted by Crippen LogP contribution is -2.32. The van der Waals surface area contributed by atoms with Gasteiger partial charge < -0.3 is 10.2 Å². The minimum Gasteiger partial charge on any atom is -0.370 e. The van der Waals surface area contributed by atoms with Crippen molar-refractivity contribution in [2.45, 2.75) is 6.92 Å². The third kappa shape index (κ3) is 3.15. The second-order valence-electron chi connectivity index (χ2n) is 5.09. The fourth-order valence-electron chi connectivity index (χ4n) is 2.54. The van der Waals surface area contributed by atoms with Gasteiger partial charge in [-0.2, -0.15) is 17.0 Å². The molecule has 22 heavy (non-hydrogen) atoms. The first-order valence-corrected chi connectivity index (χ1v) is 8.35. The summed E-state index contributed by atoms with van der Waals surface area (Å²) < 4.78 is 0. The van der Waals surface area contributed by atoms with Crippen LogP contribution in [0.2, 0.25) is 0 Å². The van der Waals surface area contributed by atoms with E-state index in [0.717, 1.165) is 18.8 Å². The average Bonchev–Trinajstić information content (AvgIpc) is 2.56. The first-order chi connectivity index (χ1) is 10.8. The van der Waals surface area contributed by atoms with Crippen LogP contribution in [0.1, 0.15) is 11.3 Å². The van der Waals surface area contributed by atoms with Crippen molar-refractivity contribution < 1.29 is 0 Å². The summed E-state index contributed by atoms with van der Waals surface area (Å²) in [5.41, 5.74) is 3.73. The van der Waals surface area contributed by atoms with Crippen molar-refractivity contribution in [2.75, 3.05) is 34.8 Å². The Bertz CT molecular complexity index is 704. The topological polar surface area (TPSA) is 64.8 Å². The molecule has 0 amide bonds. The molecule has 1 N–H and O–H groups in total. The number of hydrogen-bond acceptors (Lipinski definition) is 6. The maximum Gasteiger partial charge on any atom is 0.183 e. The summed E-state index contributed by atoms with van der Waals surface area (Å²) in [6, 6.07) is 8.30. The number of hydrogen-bond donors (Lipinski definition) is 1. The lowest BCUT2D eigenvalue weighted by molar-refractivity contribution is 0.854. The fourth-order valence-corrected chi connectivity index (χ4v) is 3.44. The quantitative estimate of drug-likeness (QED) is 0.940. The van der Waals surface area contributed by atoms with E-state index < -0.39 is 0 Å². The summed E-state index contributed by atoms with van der Waals surface area (Å²) in [6.45, 7) is 4.31. The van der Waals surface area contributed by atoms with Gasteiger partial charge in [-0.25, -0.2) is 9.97 Å². The van der Waals surface area contributed by atoms with E-state index in [1.54, 1.807) is 6.20 Å². The van der Waals surface area contributed by atoms with E-state index in [2.05, 4.69) is 39.2 Å². The summed E-state index contributed by atoms with van der Waals surface area (Å²) >= 11 is 2.01. The van der Waals surface area contributed by atoms with Crippen molar-refractivity contribution in [1.82, 2.24) is 9.97 Å². The molecule has 0 unspecified atom stereocenters. The predicted octanol–water partition coefficient (Wildman–Crippen LogP) is 2.95. The van der Waals surface area contributed by atoms with Gasteiger partial charge in [-0.1, -0.05) is 0 Å². The summed E-state index contributed by atoms with van der Waals surface area (Å²) in [4.78, 5) is 10.6. The van der Waals surface area contributed by atoms with Gasteiger partial charge in [-0.15, -0.1) is 0 Å². The van der Waals surface area contributed by atoms with E-state index in [1.165, 1.54) is 29.0 Å². The molecule has 0 aliphatic carbocycles. The molecule has 2 aromatic rings. The molecule has 0 atom stereocenters. The molecule has 0 bridgehead atoms. The van der Waals surface area contributed by atoms with Gasteiger partial charge in [0.1, 0.15) is 6.07 Å². The Balaban J connectivity index is 1.81. The molecular formula is C16H17N5S. The summed E-state index contributed by atoms with van der Waals surface area (Å²) in [5.74, 6) is 2.86. The SMILES string of the molecule is Cc1cc(Nc2nccnc2C#N)ccc1N1CCSCC1. The monoisotopic (exact) mass is 311 g/mol. The standard InChI is InChI=1S/C16H17N5S/c1-12-10-13(20-16-14(11-17)18-4-5-19-16)2-3-15(12)21-6-8-22-9-7-21/h2-5,10H,6-9H2,1H3,(H,19,20). The minimum atomic E-state index is 0.303. The zero-order valence-corrected chi connectivity index (χ0v) is 13.2. The van der Waals surface area contributed by atoms with Crippen LogP contribution in [0, 0.1) is 18.3 Å². The third-order valence-electron chi connectivity index (χ3n) is 3.62. The van der Waals surface area contributed by atoms with Crippen molar-refractivity contribution in [3.63, 3.8) is 0 Å². The number of aromatic nitrogens is 2. The maximum absolute atomic E-state index is 9.06. The van der Waals surface area contributed by atoms with E-state index in [4.69, 9.17) is 5.26 Å². The Morgan fingerprint density at radius 1 is 1.23 bits per heavy atom. The molecular weight excluding hydrogens is 294 g/mol. The number of aryl methyl sites for hydroxylation is 1. The van der Waals surface area contributed by atoms with Gasteiger partial charge >= 0.3 is 0 Å². The molecule has 3 rings (SSSR count). The number of anilines is 3. The first-order valence-electron chi connectivity index (χ1n) is 7.19. The zero-order valence-electron chi connectivity index (χ0n) is 12.4. The van der Waals surface area contributed by atoms with Crippen molar-refractivity contribution in [2.24, 2.45) is 0 Å². The van der Waals surface area contributed by atoms with Crippen LogP contribution in [0.25, 0.3) is 0 Å². The Morgan fingerprint density at radius 3 is 2.73 bits per heavy atom. The molecule has 2 heterocycles. The highest BCUT2D eigenvalue weighted by molar-refractivity contribution is 7.99. The van der Waals surface area contributed by atoms with Crippen LogP contribution in [0.4, 0.5) is 17.2 Å². The Hall–Kier alpha value is -2.26. The lowest BCUT2D eigenvalue weighted by atomic mass is 10.1. The molecule has 112 valence electrons. The van der Waals surface area contributed by atoms with Crippen LogP contribution in [-0.4, -0.2) is 34.6 Å². The van der Waals surface area contributed by atoms with Crippen molar-refractivity contribution in [3.8, 4) is 6.07 Å². The Kier molecular flexibility index (Phi) is 4.45. The number of rotatable bonds is 3. The van der Waals surface area contributed by atoms with Crippen LogP contribution in [-0.2, 0) is 0 Å². The molecule has 1 aromatic carbocycles. The third-order valence-corrected chi connectivity index (χ3v) is 4.56. The molecule has 6 heteroatoms. The number of nitrogens with zero attached hydrogens (tertiary/aromatic N) is 4. The average molecular weight is 311 g/mol. The number of nitrogens with one attached hydrogen (secondary N) is 1. The first kappa shape index (κ1) is 14.7. The number of benzene rings is 1. The molecule has 1 saturated heterocycles. The fraction of sp³-hybridized carbons (Fsp3) is 0.312. The lowest BCUT2D eigenvalue weighted by Gasteiger charge is -2.30. The van der Waals surface area contributed by atoms with Gasteiger partial charge in [0.25, 0.3) is 0 Å². The molecule has 1 fully saturated rings. The van der Waals surface area contributed by atoms with E-state index in [0.29, 0.717) is 11.5 Å². The van der Waals surface area contributed by atoms with Gasteiger partial charge in [-0.3, -0.25) is 0 Å². The predicted molar refractivity (Wildman–Crippen MR) is 90.7 cm³/mol. The largest absolute Gasteiger partial charge is 0.370 e. The number of nitriles is 1. The van der Waals surface area contributed by atoms with Gasteiger partial charge in [0.15, 0.2) is 11.5 Å². The molecule has 5 nitrogen and oxygen atoms in total. The van der Waals surface area contributed by atoms with E-state index >= 15 is 0 Å². The van der Waals surface area contributed by atoms with E-state index in [1.807, 2.05) is 23.9 Å². The molecule has 0 spiro atoms. The van der Waals surface area contributed by atoms with Crippen molar-refractivity contribution in [1.29, 1.82) is 5.26 Å². The summed E-state index contributed by atoms with van der Waals surface area (Å²) in [6.07, 6.45) is 3.10. The highest BCUT2D eigenvalue weighted by Gasteiger charge is 2.13. The molecule has 1 aliphatic rings. The van der Waals surface area contributed by atoms with Crippen molar-refractivity contribution in [3.05, 3.63) is 41.9 Å². The second-order valence-corrected chi connectivity index (χ2v) is 6.32. The van der Waals surface area contributed by atoms with Crippen LogP contribution < -0.4 is 10.2 Å². The van der Waals surface area contributed by atoms with Gasteiger partial charge in [0.2, 0.25) is 0 Å². The van der Waals surface area contributed by atoms with E-state index in [9.17, 15) is 0 Å². The molecule has 0 saturated carbocycles. The van der Waals surface area contributed by atoms with Gasteiger partial charge in [0, 0.05) is 48.4 Å².